The molecule has 9 nitrogen and oxygen atoms in total. The molecule has 0 unspecified atom stereocenters. The van der Waals surface area contributed by atoms with E-state index in [1.165, 1.54) is 4.57 Å². The molecule has 9 heteroatoms. The Morgan fingerprint density at radius 1 is 1.03 bits per heavy atom. The fourth-order valence-electron chi connectivity index (χ4n) is 3.65. The monoisotopic (exact) mass is 435 g/mol. The predicted molar refractivity (Wildman–Crippen MR) is 121 cm³/mol. The Bertz CT molecular complexity index is 1200. The Labute approximate surface area is 184 Å². The van der Waals surface area contributed by atoms with Gasteiger partial charge in [0.2, 0.25) is 11.9 Å². The highest BCUT2D eigenvalue weighted by molar-refractivity contribution is 5.75. The summed E-state index contributed by atoms with van der Waals surface area (Å²) in [6, 6.07) is 17.2. The number of aromatic nitrogens is 3. The second kappa shape index (κ2) is 9.51. The van der Waals surface area contributed by atoms with Gasteiger partial charge in [-0.3, -0.25) is 19.0 Å². The van der Waals surface area contributed by atoms with Crippen LogP contribution in [0.3, 0.4) is 0 Å². The van der Waals surface area contributed by atoms with Gasteiger partial charge in [0.1, 0.15) is 12.3 Å². The first kappa shape index (κ1) is 21.4. The summed E-state index contributed by atoms with van der Waals surface area (Å²) in [6.45, 7) is 3.46. The van der Waals surface area contributed by atoms with Crippen molar-refractivity contribution in [3.05, 3.63) is 80.9 Å². The number of fused-ring (bicyclic) bond motifs is 1. The molecule has 2 heterocycles. The number of ether oxygens (including phenoxy) is 1. The third-order valence-corrected chi connectivity index (χ3v) is 5.23. The minimum Gasteiger partial charge on any atom is -0.494 e. The Hall–Kier alpha value is -3.88. The number of carbonyl (C=O) groups excluding carboxylic acids is 1. The van der Waals surface area contributed by atoms with Crippen LogP contribution in [0.2, 0.25) is 0 Å². The SMILES string of the molecule is CCOc1ccc(N2CCn3c2nn(CC(=O)NCCc2ccccc2)c(=O)c3=O)cc1. The zero-order valence-corrected chi connectivity index (χ0v) is 17.9. The molecule has 3 aromatic rings. The summed E-state index contributed by atoms with van der Waals surface area (Å²) in [6.07, 6.45) is 0.674. The van der Waals surface area contributed by atoms with E-state index in [1.807, 2.05) is 66.4 Å². The second-order valence-corrected chi connectivity index (χ2v) is 7.38. The molecule has 0 saturated heterocycles. The van der Waals surface area contributed by atoms with E-state index in [-0.39, 0.29) is 12.5 Å². The lowest BCUT2D eigenvalue weighted by molar-refractivity contribution is -0.121. The van der Waals surface area contributed by atoms with Crippen LogP contribution in [0.5, 0.6) is 5.75 Å². The Morgan fingerprint density at radius 3 is 2.50 bits per heavy atom. The van der Waals surface area contributed by atoms with E-state index in [0.29, 0.717) is 38.6 Å². The lowest BCUT2D eigenvalue weighted by Crippen LogP contribution is -2.45. The van der Waals surface area contributed by atoms with Gasteiger partial charge in [-0.1, -0.05) is 30.3 Å². The van der Waals surface area contributed by atoms with Crippen molar-refractivity contribution in [1.29, 1.82) is 0 Å². The lowest BCUT2D eigenvalue weighted by atomic mass is 10.1. The molecule has 1 N–H and O–H groups in total. The van der Waals surface area contributed by atoms with E-state index in [1.54, 1.807) is 0 Å². The van der Waals surface area contributed by atoms with Crippen LogP contribution in [-0.2, 0) is 24.3 Å². The van der Waals surface area contributed by atoms with Gasteiger partial charge >= 0.3 is 11.1 Å². The van der Waals surface area contributed by atoms with Gasteiger partial charge in [-0.2, -0.15) is 0 Å². The average Bonchev–Trinajstić information content (AvgIpc) is 3.23. The van der Waals surface area contributed by atoms with Crippen molar-refractivity contribution >= 4 is 17.5 Å². The van der Waals surface area contributed by atoms with Crippen molar-refractivity contribution < 1.29 is 9.53 Å². The van der Waals surface area contributed by atoms with Crippen molar-refractivity contribution in [1.82, 2.24) is 19.7 Å². The van der Waals surface area contributed by atoms with Crippen LogP contribution in [0.4, 0.5) is 11.6 Å². The Kier molecular flexibility index (Phi) is 6.34. The summed E-state index contributed by atoms with van der Waals surface area (Å²) < 4.78 is 7.76. The molecule has 0 fully saturated rings. The third-order valence-electron chi connectivity index (χ3n) is 5.23. The topological polar surface area (TPSA) is 98.5 Å². The summed E-state index contributed by atoms with van der Waals surface area (Å²) in [4.78, 5) is 39.3. The van der Waals surface area contributed by atoms with E-state index >= 15 is 0 Å². The summed E-state index contributed by atoms with van der Waals surface area (Å²) in [5.41, 5.74) is 0.440. The number of hydrogen-bond acceptors (Lipinski definition) is 6. The van der Waals surface area contributed by atoms with Gasteiger partial charge in [0, 0.05) is 25.3 Å². The summed E-state index contributed by atoms with van der Waals surface area (Å²) >= 11 is 0. The maximum atomic E-state index is 12.6. The molecule has 0 bridgehead atoms. The molecule has 1 aromatic heterocycles. The number of carbonyl (C=O) groups is 1. The Balaban J connectivity index is 1.49. The quantitative estimate of drug-likeness (QED) is 0.536. The molecule has 2 aromatic carbocycles. The van der Waals surface area contributed by atoms with Crippen LogP contribution in [0.1, 0.15) is 12.5 Å². The van der Waals surface area contributed by atoms with E-state index in [4.69, 9.17) is 4.74 Å². The van der Waals surface area contributed by atoms with Gasteiger partial charge in [0.05, 0.1) is 6.61 Å². The molecule has 0 atom stereocenters. The number of rotatable bonds is 8. The number of amides is 1. The fourth-order valence-corrected chi connectivity index (χ4v) is 3.65. The number of hydrogen-bond donors (Lipinski definition) is 1. The van der Waals surface area contributed by atoms with Crippen molar-refractivity contribution in [2.24, 2.45) is 0 Å². The zero-order valence-electron chi connectivity index (χ0n) is 17.9. The van der Waals surface area contributed by atoms with Crippen LogP contribution < -0.4 is 26.1 Å². The minimum absolute atomic E-state index is 0.312. The largest absolute Gasteiger partial charge is 0.494 e. The molecule has 166 valence electrons. The van der Waals surface area contributed by atoms with Gasteiger partial charge in [-0.25, -0.2) is 4.68 Å². The molecule has 0 spiro atoms. The third kappa shape index (κ3) is 4.56. The maximum absolute atomic E-state index is 12.6. The van der Waals surface area contributed by atoms with Crippen LogP contribution in [-0.4, -0.2) is 40.0 Å². The van der Waals surface area contributed by atoms with E-state index in [0.717, 1.165) is 21.7 Å². The summed E-state index contributed by atoms with van der Waals surface area (Å²) in [5, 5.41) is 7.12. The van der Waals surface area contributed by atoms with E-state index < -0.39 is 11.1 Å². The van der Waals surface area contributed by atoms with Crippen LogP contribution in [0.25, 0.3) is 0 Å². The molecule has 1 aliphatic heterocycles. The average molecular weight is 435 g/mol. The molecule has 1 aliphatic rings. The highest BCUT2D eigenvalue weighted by atomic mass is 16.5. The van der Waals surface area contributed by atoms with Gasteiger partial charge < -0.3 is 15.0 Å². The molecule has 1 amide bonds. The lowest BCUT2D eigenvalue weighted by Gasteiger charge is -2.18. The van der Waals surface area contributed by atoms with Gasteiger partial charge in [0.25, 0.3) is 0 Å². The molecule has 0 saturated carbocycles. The van der Waals surface area contributed by atoms with Crippen LogP contribution >= 0.6 is 0 Å². The normalized spacial score (nSPS) is 12.5. The molecule has 0 aliphatic carbocycles. The first-order valence-corrected chi connectivity index (χ1v) is 10.6. The van der Waals surface area contributed by atoms with Crippen molar-refractivity contribution in [3.8, 4) is 5.75 Å². The number of nitrogens with one attached hydrogen (secondary N) is 1. The van der Waals surface area contributed by atoms with Crippen molar-refractivity contribution in [3.63, 3.8) is 0 Å². The number of anilines is 2. The first-order valence-electron chi connectivity index (χ1n) is 10.6. The maximum Gasteiger partial charge on any atom is 0.333 e. The number of nitrogens with zero attached hydrogens (tertiary/aromatic N) is 4. The summed E-state index contributed by atoms with van der Waals surface area (Å²) in [5.74, 6) is 0.722. The minimum atomic E-state index is -0.805. The zero-order chi connectivity index (χ0) is 22.5. The standard InChI is InChI=1S/C23H25N5O4/c1-2-32-19-10-8-18(9-11-19)26-14-15-27-21(30)22(31)28(25-23(26)27)16-20(29)24-13-12-17-6-4-3-5-7-17/h3-11H,2,12-16H2,1H3,(H,24,29). The van der Waals surface area contributed by atoms with Crippen LogP contribution in [0, 0.1) is 0 Å². The highest BCUT2D eigenvalue weighted by Crippen LogP contribution is 2.28. The molecule has 32 heavy (non-hydrogen) atoms. The molecular weight excluding hydrogens is 410 g/mol. The van der Waals surface area contributed by atoms with Gasteiger partial charge in [-0.05, 0) is 43.2 Å². The predicted octanol–water partition coefficient (Wildman–Crippen LogP) is 1.31. The van der Waals surface area contributed by atoms with E-state index in [2.05, 4.69) is 10.4 Å². The molecule has 0 radical (unpaired) electrons. The fraction of sp³-hybridized carbons (Fsp3) is 0.304. The molecule has 4 rings (SSSR count). The van der Waals surface area contributed by atoms with Crippen molar-refractivity contribution in [2.45, 2.75) is 26.4 Å². The Morgan fingerprint density at radius 2 is 1.78 bits per heavy atom. The second-order valence-electron chi connectivity index (χ2n) is 7.38. The van der Waals surface area contributed by atoms with Crippen molar-refractivity contribution in [2.75, 3.05) is 24.6 Å². The first-order chi connectivity index (χ1) is 15.6. The van der Waals surface area contributed by atoms with Crippen LogP contribution in [0.15, 0.2) is 64.2 Å². The van der Waals surface area contributed by atoms with E-state index in [9.17, 15) is 14.4 Å². The smallest absolute Gasteiger partial charge is 0.333 e. The van der Waals surface area contributed by atoms with Gasteiger partial charge in [0.15, 0.2) is 0 Å². The number of benzene rings is 2. The highest BCUT2D eigenvalue weighted by Gasteiger charge is 2.26. The molecular formula is C23H25N5O4. The summed E-state index contributed by atoms with van der Waals surface area (Å²) in [7, 11) is 0. The van der Waals surface area contributed by atoms with Gasteiger partial charge in [-0.15, -0.1) is 5.10 Å².